The Labute approximate surface area is 111 Å². The van der Waals surface area contributed by atoms with Crippen molar-refractivity contribution in [3.8, 4) is 6.07 Å². The van der Waals surface area contributed by atoms with Gasteiger partial charge in [0.1, 0.15) is 11.9 Å². The molecule has 0 aliphatic carbocycles. The number of aromatic nitrogens is 1. The van der Waals surface area contributed by atoms with Crippen LogP contribution < -0.4 is 5.32 Å². The van der Waals surface area contributed by atoms with Gasteiger partial charge in [-0.1, -0.05) is 0 Å². The van der Waals surface area contributed by atoms with E-state index in [2.05, 4.69) is 10.3 Å². The molecule has 0 spiro atoms. The lowest BCUT2D eigenvalue weighted by molar-refractivity contribution is -0.138. The van der Waals surface area contributed by atoms with E-state index in [4.69, 9.17) is 5.26 Å². The molecule has 0 atom stereocenters. The average Bonchev–Trinajstić information content (AvgIpc) is 2.70. The topological polar surface area (TPSA) is 86.1 Å². The van der Waals surface area contributed by atoms with Crippen molar-refractivity contribution in [2.45, 2.75) is 19.8 Å². The fourth-order valence-electron chi connectivity index (χ4n) is 1.94. The van der Waals surface area contributed by atoms with Crippen LogP contribution in [0.5, 0.6) is 0 Å². The molecule has 2 rings (SSSR count). The molecule has 6 nitrogen and oxygen atoms in total. The lowest BCUT2D eigenvalue weighted by Crippen LogP contribution is -2.33. The van der Waals surface area contributed by atoms with Gasteiger partial charge in [-0.3, -0.25) is 14.5 Å². The summed E-state index contributed by atoms with van der Waals surface area (Å²) < 4.78 is 0. The highest BCUT2D eigenvalue weighted by atomic mass is 16.2. The van der Waals surface area contributed by atoms with Crippen LogP contribution in [-0.2, 0) is 9.59 Å². The van der Waals surface area contributed by atoms with Gasteiger partial charge in [-0.2, -0.15) is 5.26 Å². The molecule has 2 heterocycles. The van der Waals surface area contributed by atoms with Gasteiger partial charge in [-0.25, -0.2) is 4.98 Å². The van der Waals surface area contributed by atoms with Gasteiger partial charge in [0, 0.05) is 31.6 Å². The number of nitriles is 1. The highest BCUT2D eigenvalue weighted by Gasteiger charge is 2.28. The van der Waals surface area contributed by atoms with E-state index in [1.807, 2.05) is 13.0 Å². The van der Waals surface area contributed by atoms with E-state index in [1.54, 1.807) is 12.1 Å². The Balaban J connectivity index is 1.96. The smallest absolute Gasteiger partial charge is 0.229 e. The summed E-state index contributed by atoms with van der Waals surface area (Å²) in [6, 6.07) is 5.50. The van der Waals surface area contributed by atoms with Crippen LogP contribution in [0.1, 0.15) is 24.1 Å². The quantitative estimate of drug-likeness (QED) is 0.808. The van der Waals surface area contributed by atoms with Crippen molar-refractivity contribution in [2.24, 2.45) is 0 Å². The maximum absolute atomic E-state index is 11.4. The zero-order valence-electron chi connectivity index (χ0n) is 10.6. The monoisotopic (exact) mass is 258 g/mol. The number of likely N-dealkylation sites (tertiary alicyclic amines) is 1. The maximum atomic E-state index is 11.4. The summed E-state index contributed by atoms with van der Waals surface area (Å²) in [4.78, 5) is 28.3. The predicted molar refractivity (Wildman–Crippen MR) is 68.1 cm³/mol. The number of nitrogens with zero attached hydrogens (tertiary/aromatic N) is 3. The van der Waals surface area contributed by atoms with Crippen molar-refractivity contribution in [1.29, 1.82) is 5.26 Å². The zero-order chi connectivity index (χ0) is 13.8. The van der Waals surface area contributed by atoms with E-state index in [1.165, 1.54) is 4.90 Å². The number of carbonyl (C=O) groups is 2. The van der Waals surface area contributed by atoms with Crippen LogP contribution >= 0.6 is 0 Å². The maximum Gasteiger partial charge on any atom is 0.229 e. The first kappa shape index (κ1) is 13.0. The molecule has 0 radical (unpaired) electrons. The summed E-state index contributed by atoms with van der Waals surface area (Å²) in [5, 5.41) is 11.9. The fourth-order valence-corrected chi connectivity index (χ4v) is 1.94. The van der Waals surface area contributed by atoms with E-state index < -0.39 is 0 Å². The minimum absolute atomic E-state index is 0.135. The summed E-state index contributed by atoms with van der Waals surface area (Å²) in [5.41, 5.74) is 1.25. The Morgan fingerprint density at radius 1 is 1.37 bits per heavy atom. The standard InChI is InChI=1S/C13H14N4O2/c1-9-2-3-10(8-14)13(16-9)15-6-7-17-11(18)4-5-12(17)19/h2-3H,4-7H2,1H3,(H,15,16). The number of amides is 2. The molecule has 2 amide bonds. The number of carbonyl (C=O) groups excluding carboxylic acids is 2. The largest absolute Gasteiger partial charge is 0.367 e. The lowest BCUT2D eigenvalue weighted by atomic mass is 10.2. The van der Waals surface area contributed by atoms with E-state index in [-0.39, 0.29) is 11.8 Å². The predicted octanol–water partition coefficient (Wildman–Crippen LogP) is 0.823. The molecule has 1 fully saturated rings. The Bertz CT molecular complexity index is 546. The van der Waals surface area contributed by atoms with Crippen LogP contribution in [0.15, 0.2) is 12.1 Å². The molecule has 1 aromatic rings. The molecule has 1 aromatic heterocycles. The van der Waals surface area contributed by atoms with Crippen molar-refractivity contribution in [2.75, 3.05) is 18.4 Å². The van der Waals surface area contributed by atoms with Crippen LogP contribution in [0.4, 0.5) is 5.82 Å². The molecule has 1 N–H and O–H groups in total. The van der Waals surface area contributed by atoms with Gasteiger partial charge in [0.2, 0.25) is 11.8 Å². The molecule has 0 bridgehead atoms. The first-order chi connectivity index (χ1) is 9.11. The molecule has 1 aliphatic rings. The fraction of sp³-hybridized carbons (Fsp3) is 0.385. The van der Waals surface area contributed by atoms with Crippen molar-refractivity contribution >= 4 is 17.6 Å². The van der Waals surface area contributed by atoms with Crippen molar-refractivity contribution < 1.29 is 9.59 Å². The number of pyridine rings is 1. The van der Waals surface area contributed by atoms with Gasteiger partial charge in [0.15, 0.2) is 0 Å². The van der Waals surface area contributed by atoms with Crippen molar-refractivity contribution in [3.05, 3.63) is 23.4 Å². The van der Waals surface area contributed by atoms with Crippen molar-refractivity contribution in [1.82, 2.24) is 9.88 Å². The molecule has 19 heavy (non-hydrogen) atoms. The van der Waals surface area contributed by atoms with E-state index in [0.717, 1.165) is 5.69 Å². The number of anilines is 1. The third kappa shape index (κ3) is 2.88. The minimum Gasteiger partial charge on any atom is -0.367 e. The molecule has 0 aromatic carbocycles. The van der Waals surface area contributed by atoms with Crippen molar-refractivity contribution in [3.63, 3.8) is 0 Å². The molecule has 98 valence electrons. The first-order valence-corrected chi connectivity index (χ1v) is 6.06. The van der Waals surface area contributed by atoms with Crippen LogP contribution in [0.25, 0.3) is 0 Å². The van der Waals surface area contributed by atoms with E-state index >= 15 is 0 Å². The van der Waals surface area contributed by atoms with Crippen LogP contribution in [-0.4, -0.2) is 34.8 Å². The number of imide groups is 1. The highest BCUT2D eigenvalue weighted by molar-refractivity contribution is 6.01. The number of rotatable bonds is 4. The van der Waals surface area contributed by atoms with Gasteiger partial charge >= 0.3 is 0 Å². The minimum atomic E-state index is -0.135. The molecular weight excluding hydrogens is 244 g/mol. The highest BCUT2D eigenvalue weighted by Crippen LogP contribution is 2.13. The Morgan fingerprint density at radius 2 is 2.05 bits per heavy atom. The zero-order valence-corrected chi connectivity index (χ0v) is 10.6. The third-order valence-corrected chi connectivity index (χ3v) is 2.94. The van der Waals surface area contributed by atoms with Gasteiger partial charge in [0.05, 0.1) is 5.56 Å². The summed E-state index contributed by atoms with van der Waals surface area (Å²) in [5.74, 6) is 0.218. The lowest BCUT2D eigenvalue weighted by Gasteiger charge is -2.14. The van der Waals surface area contributed by atoms with Crippen LogP contribution in [0.3, 0.4) is 0 Å². The summed E-state index contributed by atoms with van der Waals surface area (Å²) >= 11 is 0. The SMILES string of the molecule is Cc1ccc(C#N)c(NCCN2C(=O)CCC2=O)n1. The Hall–Kier alpha value is -2.42. The second kappa shape index (κ2) is 5.48. The summed E-state index contributed by atoms with van der Waals surface area (Å²) in [7, 11) is 0. The molecule has 6 heteroatoms. The van der Waals surface area contributed by atoms with Gasteiger partial charge in [-0.15, -0.1) is 0 Å². The average molecular weight is 258 g/mol. The second-order valence-electron chi connectivity index (χ2n) is 4.33. The first-order valence-electron chi connectivity index (χ1n) is 6.06. The van der Waals surface area contributed by atoms with Gasteiger partial charge < -0.3 is 5.32 Å². The Kier molecular flexibility index (Phi) is 3.76. The van der Waals surface area contributed by atoms with E-state index in [0.29, 0.717) is 37.3 Å². The second-order valence-corrected chi connectivity index (χ2v) is 4.33. The number of aryl methyl sites for hydroxylation is 1. The van der Waals surface area contributed by atoms with Crippen LogP contribution in [0, 0.1) is 18.3 Å². The normalized spacial score (nSPS) is 14.6. The summed E-state index contributed by atoms with van der Waals surface area (Å²) in [6.45, 7) is 2.53. The third-order valence-electron chi connectivity index (χ3n) is 2.94. The van der Waals surface area contributed by atoms with Gasteiger partial charge in [0.25, 0.3) is 0 Å². The molecule has 1 saturated heterocycles. The molecule has 0 unspecified atom stereocenters. The van der Waals surface area contributed by atoms with Crippen LogP contribution in [0.2, 0.25) is 0 Å². The number of nitrogens with one attached hydrogen (secondary N) is 1. The number of hydrogen-bond acceptors (Lipinski definition) is 5. The number of hydrogen-bond donors (Lipinski definition) is 1. The molecular formula is C13H14N4O2. The Morgan fingerprint density at radius 3 is 2.68 bits per heavy atom. The van der Waals surface area contributed by atoms with Gasteiger partial charge in [-0.05, 0) is 19.1 Å². The molecule has 0 saturated carbocycles. The summed E-state index contributed by atoms with van der Waals surface area (Å²) in [6.07, 6.45) is 0.593. The van der Waals surface area contributed by atoms with E-state index in [9.17, 15) is 9.59 Å². The molecule has 1 aliphatic heterocycles.